The molecule has 1 nitrogen and oxygen atoms in total. The van der Waals surface area contributed by atoms with Crippen LogP contribution in [0.15, 0.2) is 18.2 Å². The highest BCUT2D eigenvalue weighted by atomic mass is 79.9. The van der Waals surface area contributed by atoms with Crippen molar-refractivity contribution >= 4 is 15.9 Å². The van der Waals surface area contributed by atoms with Crippen molar-refractivity contribution in [2.45, 2.75) is 18.2 Å². The molecule has 1 rings (SSSR count). The molecule has 0 aliphatic carbocycles. The molecule has 0 spiro atoms. The van der Waals surface area contributed by atoms with Gasteiger partial charge in [-0.05, 0) is 24.1 Å². The molecule has 0 aliphatic rings. The quantitative estimate of drug-likeness (QED) is 0.745. The second-order valence-electron chi connectivity index (χ2n) is 2.95. The molecule has 72 valence electrons. The lowest BCUT2D eigenvalue weighted by molar-refractivity contribution is 0.386. The monoisotopic (exact) mass is 246 g/mol. The molecule has 0 amide bonds. The standard InChI is InChI=1S/C10H12BrFO/c1-7(11)5-8-3-4-10(13-2)9(12)6-8/h3-4,6-7H,5H2,1-2H3. The number of ether oxygens (including phenoxy) is 1. The number of benzene rings is 1. The molecule has 1 aromatic rings. The van der Waals surface area contributed by atoms with Crippen LogP contribution in [0.1, 0.15) is 12.5 Å². The van der Waals surface area contributed by atoms with Crippen LogP contribution in [-0.2, 0) is 6.42 Å². The van der Waals surface area contributed by atoms with Gasteiger partial charge in [0, 0.05) is 4.83 Å². The molecule has 0 saturated carbocycles. The van der Waals surface area contributed by atoms with E-state index >= 15 is 0 Å². The highest BCUT2D eigenvalue weighted by Crippen LogP contribution is 2.19. The van der Waals surface area contributed by atoms with Crippen LogP contribution in [0.3, 0.4) is 0 Å². The van der Waals surface area contributed by atoms with Gasteiger partial charge in [-0.25, -0.2) is 4.39 Å². The summed E-state index contributed by atoms with van der Waals surface area (Å²) in [5, 5.41) is 0. The SMILES string of the molecule is COc1ccc(CC(C)Br)cc1F. The molecule has 0 fully saturated rings. The smallest absolute Gasteiger partial charge is 0.165 e. The van der Waals surface area contributed by atoms with E-state index in [1.54, 1.807) is 6.07 Å². The van der Waals surface area contributed by atoms with Crippen LogP contribution in [0.2, 0.25) is 0 Å². The molecule has 0 aromatic heterocycles. The van der Waals surface area contributed by atoms with E-state index in [2.05, 4.69) is 15.9 Å². The maximum atomic E-state index is 13.2. The van der Waals surface area contributed by atoms with E-state index in [1.807, 2.05) is 13.0 Å². The first-order valence-electron chi connectivity index (χ1n) is 4.10. The van der Waals surface area contributed by atoms with Gasteiger partial charge in [0.1, 0.15) is 0 Å². The van der Waals surface area contributed by atoms with Crippen LogP contribution in [0.25, 0.3) is 0 Å². The summed E-state index contributed by atoms with van der Waals surface area (Å²) in [4.78, 5) is 0.361. The summed E-state index contributed by atoms with van der Waals surface area (Å²) in [7, 11) is 1.46. The molecule has 1 unspecified atom stereocenters. The van der Waals surface area contributed by atoms with Crippen molar-refractivity contribution < 1.29 is 9.13 Å². The van der Waals surface area contributed by atoms with E-state index in [1.165, 1.54) is 13.2 Å². The summed E-state index contributed by atoms with van der Waals surface area (Å²) in [6, 6.07) is 5.04. The van der Waals surface area contributed by atoms with Gasteiger partial charge in [-0.3, -0.25) is 0 Å². The summed E-state index contributed by atoms with van der Waals surface area (Å²) < 4.78 is 18.0. The van der Waals surface area contributed by atoms with Crippen LogP contribution in [0.4, 0.5) is 4.39 Å². The maximum Gasteiger partial charge on any atom is 0.165 e. The van der Waals surface area contributed by atoms with Crippen LogP contribution in [0.5, 0.6) is 5.75 Å². The fourth-order valence-corrected chi connectivity index (χ4v) is 1.54. The third kappa shape index (κ3) is 2.99. The molecule has 0 N–H and O–H groups in total. The van der Waals surface area contributed by atoms with Gasteiger partial charge in [0.25, 0.3) is 0 Å². The van der Waals surface area contributed by atoms with Crippen molar-refractivity contribution in [3.63, 3.8) is 0 Å². The zero-order chi connectivity index (χ0) is 9.84. The summed E-state index contributed by atoms with van der Waals surface area (Å²) in [5.41, 5.74) is 0.975. The first-order chi connectivity index (χ1) is 6.13. The third-order valence-corrected chi connectivity index (χ3v) is 2.06. The van der Waals surface area contributed by atoms with E-state index in [-0.39, 0.29) is 5.82 Å². The maximum absolute atomic E-state index is 13.2. The molecule has 1 aromatic carbocycles. The van der Waals surface area contributed by atoms with Crippen LogP contribution in [0, 0.1) is 5.82 Å². The molecule has 0 aliphatic heterocycles. The van der Waals surface area contributed by atoms with E-state index < -0.39 is 0 Å². The average Bonchev–Trinajstić information content (AvgIpc) is 2.03. The zero-order valence-electron chi connectivity index (χ0n) is 7.68. The second-order valence-corrected chi connectivity index (χ2v) is 4.52. The normalized spacial score (nSPS) is 12.6. The minimum atomic E-state index is -0.298. The van der Waals surface area contributed by atoms with Gasteiger partial charge in [0.2, 0.25) is 0 Å². The molecule has 0 heterocycles. The van der Waals surface area contributed by atoms with Crippen molar-refractivity contribution in [2.24, 2.45) is 0 Å². The Morgan fingerprint density at radius 1 is 1.54 bits per heavy atom. The van der Waals surface area contributed by atoms with Gasteiger partial charge in [-0.1, -0.05) is 28.9 Å². The number of alkyl halides is 1. The predicted molar refractivity (Wildman–Crippen MR) is 55.0 cm³/mol. The Bertz CT molecular complexity index is 286. The Kier molecular flexibility index (Phi) is 3.72. The first-order valence-corrected chi connectivity index (χ1v) is 5.01. The first kappa shape index (κ1) is 10.5. The Morgan fingerprint density at radius 2 is 2.23 bits per heavy atom. The van der Waals surface area contributed by atoms with Gasteiger partial charge >= 0.3 is 0 Å². The molecule has 3 heteroatoms. The van der Waals surface area contributed by atoms with Crippen molar-refractivity contribution in [1.82, 2.24) is 0 Å². The van der Waals surface area contributed by atoms with Crippen molar-refractivity contribution in [2.75, 3.05) is 7.11 Å². The van der Waals surface area contributed by atoms with Crippen LogP contribution < -0.4 is 4.74 Å². The summed E-state index contributed by atoms with van der Waals surface area (Å²) in [5.74, 6) is -0.000810. The van der Waals surface area contributed by atoms with Crippen LogP contribution >= 0.6 is 15.9 Å². The molecule has 1 atom stereocenters. The Balaban J connectivity index is 2.83. The lowest BCUT2D eigenvalue weighted by Crippen LogP contribution is -1.97. The second kappa shape index (κ2) is 4.61. The Morgan fingerprint density at radius 3 is 2.69 bits per heavy atom. The summed E-state index contributed by atoms with van der Waals surface area (Å²) in [6.45, 7) is 2.03. The molecule has 0 bridgehead atoms. The fourth-order valence-electron chi connectivity index (χ4n) is 1.16. The molecule has 0 radical (unpaired) electrons. The Labute approximate surface area is 86.0 Å². The van der Waals surface area contributed by atoms with E-state index in [9.17, 15) is 4.39 Å². The number of rotatable bonds is 3. The summed E-state index contributed by atoms with van der Waals surface area (Å²) >= 11 is 3.42. The van der Waals surface area contributed by atoms with E-state index in [0.29, 0.717) is 10.6 Å². The summed E-state index contributed by atoms with van der Waals surface area (Å²) in [6.07, 6.45) is 0.820. The molecular weight excluding hydrogens is 235 g/mol. The van der Waals surface area contributed by atoms with Crippen LogP contribution in [-0.4, -0.2) is 11.9 Å². The number of halogens is 2. The number of hydrogen-bond donors (Lipinski definition) is 0. The van der Waals surface area contributed by atoms with Gasteiger partial charge in [-0.15, -0.1) is 0 Å². The number of methoxy groups -OCH3 is 1. The van der Waals surface area contributed by atoms with E-state index in [0.717, 1.165) is 12.0 Å². The predicted octanol–water partition coefficient (Wildman–Crippen LogP) is 3.16. The lowest BCUT2D eigenvalue weighted by atomic mass is 10.1. The molecule has 0 saturated heterocycles. The minimum Gasteiger partial charge on any atom is -0.494 e. The van der Waals surface area contributed by atoms with Crippen molar-refractivity contribution in [3.8, 4) is 5.75 Å². The van der Waals surface area contributed by atoms with E-state index in [4.69, 9.17) is 4.74 Å². The lowest BCUT2D eigenvalue weighted by Gasteiger charge is -2.06. The molecular formula is C10H12BrFO. The fraction of sp³-hybridized carbons (Fsp3) is 0.400. The van der Waals surface area contributed by atoms with Crippen molar-refractivity contribution in [3.05, 3.63) is 29.6 Å². The van der Waals surface area contributed by atoms with Gasteiger partial charge in [0.15, 0.2) is 11.6 Å². The topological polar surface area (TPSA) is 9.23 Å². The third-order valence-electron chi connectivity index (χ3n) is 1.73. The minimum absolute atomic E-state index is 0.297. The highest BCUT2D eigenvalue weighted by Gasteiger charge is 2.04. The average molecular weight is 247 g/mol. The number of hydrogen-bond acceptors (Lipinski definition) is 1. The highest BCUT2D eigenvalue weighted by molar-refractivity contribution is 9.09. The van der Waals surface area contributed by atoms with Gasteiger partial charge < -0.3 is 4.74 Å². The largest absolute Gasteiger partial charge is 0.494 e. The van der Waals surface area contributed by atoms with Gasteiger partial charge in [0.05, 0.1) is 7.11 Å². The molecule has 13 heavy (non-hydrogen) atoms. The van der Waals surface area contributed by atoms with Crippen molar-refractivity contribution in [1.29, 1.82) is 0 Å². The Hall–Kier alpha value is -0.570. The van der Waals surface area contributed by atoms with Gasteiger partial charge in [-0.2, -0.15) is 0 Å². The zero-order valence-corrected chi connectivity index (χ0v) is 9.27.